The molecule has 0 fully saturated rings. The van der Waals surface area contributed by atoms with Crippen molar-refractivity contribution in [3.05, 3.63) is 59.2 Å². The molecule has 1 unspecified atom stereocenters. The van der Waals surface area contributed by atoms with E-state index < -0.39 is 0 Å². The van der Waals surface area contributed by atoms with Crippen LogP contribution in [-0.4, -0.2) is 5.75 Å². The first kappa shape index (κ1) is 13.3. The second kappa shape index (κ2) is 4.54. The van der Waals surface area contributed by atoms with Gasteiger partial charge in [0, 0.05) is 22.3 Å². The Kier molecular flexibility index (Phi) is 2.87. The Labute approximate surface area is 131 Å². The maximum absolute atomic E-state index is 3.82. The van der Waals surface area contributed by atoms with E-state index in [0.29, 0.717) is 12.0 Å². The van der Waals surface area contributed by atoms with Gasteiger partial charge in [-0.25, -0.2) is 0 Å². The van der Waals surface area contributed by atoms with Gasteiger partial charge in [-0.2, -0.15) is 0 Å². The van der Waals surface area contributed by atoms with Gasteiger partial charge >= 0.3 is 0 Å². The summed E-state index contributed by atoms with van der Waals surface area (Å²) in [6.07, 6.45) is 0. The van der Waals surface area contributed by atoms with Crippen LogP contribution < -0.4 is 5.32 Å². The van der Waals surface area contributed by atoms with Crippen LogP contribution in [0.4, 0.5) is 5.69 Å². The minimum Gasteiger partial charge on any atom is -0.378 e. The molecule has 2 atom stereocenters. The molecule has 0 saturated heterocycles. The third-order valence-electron chi connectivity index (χ3n) is 5.25. The zero-order valence-corrected chi connectivity index (χ0v) is 13.6. The SMILES string of the molecule is Cc1cccc2c1SCC1[C@@H]2Nc2ccccc2C1(C)C. The van der Waals surface area contributed by atoms with E-state index in [4.69, 9.17) is 0 Å². The van der Waals surface area contributed by atoms with Gasteiger partial charge in [-0.1, -0.05) is 50.2 Å². The zero-order valence-electron chi connectivity index (χ0n) is 12.8. The number of anilines is 1. The van der Waals surface area contributed by atoms with E-state index in [9.17, 15) is 0 Å². The van der Waals surface area contributed by atoms with E-state index in [2.05, 4.69) is 68.6 Å². The molecule has 21 heavy (non-hydrogen) atoms. The van der Waals surface area contributed by atoms with Gasteiger partial charge in [-0.15, -0.1) is 11.8 Å². The minimum absolute atomic E-state index is 0.209. The summed E-state index contributed by atoms with van der Waals surface area (Å²) in [4.78, 5) is 1.49. The number of hydrogen-bond donors (Lipinski definition) is 1. The number of benzene rings is 2. The van der Waals surface area contributed by atoms with Crippen LogP contribution in [0.2, 0.25) is 0 Å². The molecular weight excluding hydrogens is 274 g/mol. The van der Waals surface area contributed by atoms with Crippen molar-refractivity contribution in [1.82, 2.24) is 0 Å². The largest absolute Gasteiger partial charge is 0.378 e. The fourth-order valence-electron chi connectivity index (χ4n) is 3.94. The van der Waals surface area contributed by atoms with Gasteiger partial charge < -0.3 is 5.32 Å². The van der Waals surface area contributed by atoms with E-state index >= 15 is 0 Å². The van der Waals surface area contributed by atoms with Crippen molar-refractivity contribution >= 4 is 17.4 Å². The Morgan fingerprint density at radius 1 is 1.10 bits per heavy atom. The Balaban J connectivity index is 1.89. The topological polar surface area (TPSA) is 12.0 Å². The lowest BCUT2D eigenvalue weighted by Crippen LogP contribution is -2.44. The standard InChI is InChI=1S/C19H21NS/c1-12-7-6-8-13-17-15(11-21-18(12)13)19(2,3)14-9-4-5-10-16(14)20-17/h4-10,15,17,20H,11H2,1-3H3/t15?,17-/m1/s1. The summed E-state index contributed by atoms with van der Waals surface area (Å²) in [6, 6.07) is 16.0. The number of rotatable bonds is 0. The van der Waals surface area contributed by atoms with Gasteiger partial charge in [-0.3, -0.25) is 0 Å². The lowest BCUT2D eigenvalue weighted by atomic mass is 9.66. The van der Waals surface area contributed by atoms with E-state index in [0.717, 1.165) is 0 Å². The number of thioether (sulfide) groups is 1. The van der Waals surface area contributed by atoms with E-state index in [1.54, 1.807) is 0 Å². The Hall–Kier alpha value is -1.41. The summed E-state index contributed by atoms with van der Waals surface area (Å²) in [5.74, 6) is 1.82. The zero-order chi connectivity index (χ0) is 14.6. The summed E-state index contributed by atoms with van der Waals surface area (Å²) in [5, 5.41) is 3.82. The molecule has 4 rings (SSSR count). The molecule has 108 valence electrons. The van der Waals surface area contributed by atoms with Crippen LogP contribution in [-0.2, 0) is 5.41 Å². The normalized spacial score (nSPS) is 25.3. The lowest BCUT2D eigenvalue weighted by molar-refractivity contribution is 0.293. The van der Waals surface area contributed by atoms with Crippen molar-refractivity contribution in [3.8, 4) is 0 Å². The van der Waals surface area contributed by atoms with Gasteiger partial charge in [0.15, 0.2) is 0 Å². The monoisotopic (exact) mass is 295 g/mol. The molecule has 1 N–H and O–H groups in total. The molecule has 0 saturated carbocycles. The molecule has 0 amide bonds. The number of aryl methyl sites for hydroxylation is 1. The summed E-state index contributed by atoms with van der Waals surface area (Å²) in [6.45, 7) is 7.05. The summed E-state index contributed by atoms with van der Waals surface area (Å²) in [5.41, 5.74) is 5.88. The van der Waals surface area contributed by atoms with Gasteiger partial charge in [0.2, 0.25) is 0 Å². The van der Waals surface area contributed by atoms with Crippen molar-refractivity contribution in [3.63, 3.8) is 0 Å². The van der Waals surface area contributed by atoms with Crippen molar-refractivity contribution in [2.24, 2.45) is 5.92 Å². The Bertz CT molecular complexity index is 704. The molecule has 2 aliphatic rings. The highest BCUT2D eigenvalue weighted by Gasteiger charge is 2.45. The van der Waals surface area contributed by atoms with Crippen molar-refractivity contribution in [2.75, 3.05) is 11.1 Å². The first-order valence-corrected chi connectivity index (χ1v) is 8.66. The van der Waals surface area contributed by atoms with Crippen LogP contribution in [0, 0.1) is 12.8 Å². The average molecular weight is 295 g/mol. The molecule has 2 aromatic carbocycles. The van der Waals surface area contributed by atoms with Crippen LogP contribution in [0.5, 0.6) is 0 Å². The van der Waals surface area contributed by atoms with Crippen LogP contribution in [0.1, 0.15) is 36.6 Å². The van der Waals surface area contributed by atoms with Gasteiger partial charge in [0.1, 0.15) is 0 Å². The molecule has 0 radical (unpaired) electrons. The minimum atomic E-state index is 0.209. The lowest BCUT2D eigenvalue weighted by Gasteiger charge is -2.49. The summed E-state index contributed by atoms with van der Waals surface area (Å²) in [7, 11) is 0. The van der Waals surface area contributed by atoms with Crippen LogP contribution in [0.3, 0.4) is 0 Å². The molecule has 2 heteroatoms. The predicted octanol–water partition coefficient (Wildman–Crippen LogP) is 5.16. The number of nitrogens with one attached hydrogen (secondary N) is 1. The van der Waals surface area contributed by atoms with Gasteiger partial charge in [0.05, 0.1) is 6.04 Å². The van der Waals surface area contributed by atoms with Gasteiger partial charge in [0.25, 0.3) is 0 Å². The van der Waals surface area contributed by atoms with E-state index in [1.807, 2.05) is 11.8 Å². The quantitative estimate of drug-likeness (QED) is 0.720. The van der Waals surface area contributed by atoms with E-state index in [-0.39, 0.29) is 5.41 Å². The molecule has 0 aliphatic carbocycles. The third-order valence-corrected chi connectivity index (χ3v) is 6.62. The summed E-state index contributed by atoms with van der Waals surface area (Å²) < 4.78 is 0. The Morgan fingerprint density at radius 2 is 1.90 bits per heavy atom. The average Bonchev–Trinajstić information content (AvgIpc) is 2.48. The highest BCUT2D eigenvalue weighted by atomic mass is 32.2. The number of fused-ring (bicyclic) bond motifs is 4. The summed E-state index contributed by atoms with van der Waals surface area (Å²) >= 11 is 2.04. The fraction of sp³-hybridized carbons (Fsp3) is 0.368. The molecular formula is C19H21NS. The Morgan fingerprint density at radius 3 is 2.76 bits per heavy atom. The molecule has 2 heterocycles. The number of para-hydroxylation sites is 1. The van der Waals surface area contributed by atoms with Crippen molar-refractivity contribution in [2.45, 2.75) is 37.1 Å². The molecule has 0 spiro atoms. The highest BCUT2D eigenvalue weighted by molar-refractivity contribution is 7.99. The maximum Gasteiger partial charge on any atom is 0.0569 e. The van der Waals surface area contributed by atoms with Crippen molar-refractivity contribution in [1.29, 1.82) is 0 Å². The first-order chi connectivity index (χ1) is 10.1. The van der Waals surface area contributed by atoms with Crippen LogP contribution >= 0.6 is 11.8 Å². The highest BCUT2D eigenvalue weighted by Crippen LogP contribution is 2.54. The molecule has 0 bridgehead atoms. The van der Waals surface area contributed by atoms with Crippen LogP contribution in [0.25, 0.3) is 0 Å². The third kappa shape index (κ3) is 1.85. The van der Waals surface area contributed by atoms with Crippen LogP contribution in [0.15, 0.2) is 47.4 Å². The second-order valence-electron chi connectivity index (χ2n) is 6.80. The predicted molar refractivity (Wildman–Crippen MR) is 91.2 cm³/mol. The van der Waals surface area contributed by atoms with E-state index in [1.165, 1.54) is 33.0 Å². The molecule has 1 nitrogen and oxygen atoms in total. The van der Waals surface area contributed by atoms with Gasteiger partial charge in [-0.05, 0) is 35.1 Å². The van der Waals surface area contributed by atoms with Crippen molar-refractivity contribution < 1.29 is 0 Å². The number of hydrogen-bond acceptors (Lipinski definition) is 2. The maximum atomic E-state index is 3.82. The molecule has 0 aromatic heterocycles. The molecule has 2 aromatic rings. The smallest absolute Gasteiger partial charge is 0.0569 e. The second-order valence-corrected chi connectivity index (χ2v) is 7.83. The first-order valence-electron chi connectivity index (χ1n) is 7.67. The fourth-order valence-corrected chi connectivity index (χ4v) is 5.56. The molecule has 2 aliphatic heterocycles.